The lowest BCUT2D eigenvalue weighted by Crippen LogP contribution is -2.45. The number of nitrogens with two attached hydrogens (primary N) is 1. The van der Waals surface area contributed by atoms with Crippen molar-refractivity contribution in [3.8, 4) is 11.4 Å². The summed E-state index contributed by atoms with van der Waals surface area (Å²) in [5.74, 6) is 1.12. The van der Waals surface area contributed by atoms with E-state index in [1.807, 2.05) is 11.8 Å². The van der Waals surface area contributed by atoms with Crippen LogP contribution in [0.1, 0.15) is 32.8 Å². The van der Waals surface area contributed by atoms with Crippen molar-refractivity contribution in [3.05, 3.63) is 17.8 Å². The molecule has 0 unspecified atom stereocenters. The standard InChI is InChI=1S/C22H29F2N7O2/c1-13-8-32-5-4-31(13)20-28-18(15-7-26-16(25)6-14(15)17(23)24)27-19(29-20)30-9-21(2)11-33-12-22(21,3)10-30/h6-7,13,17H,4-5,8-12H2,1-3H3,(H2,25,26)/t13-,21-,22+/m1/s1. The molecular formula is C22H29F2N7O2. The number of pyridine rings is 1. The molecule has 0 amide bonds. The number of anilines is 3. The Kier molecular flexibility index (Phi) is 5.36. The Hall–Kier alpha value is -2.66. The molecule has 33 heavy (non-hydrogen) atoms. The fraction of sp³-hybridized carbons (Fsp3) is 0.636. The summed E-state index contributed by atoms with van der Waals surface area (Å²) < 4.78 is 39.1. The highest BCUT2D eigenvalue weighted by Crippen LogP contribution is 2.51. The van der Waals surface area contributed by atoms with Crippen molar-refractivity contribution in [1.82, 2.24) is 19.9 Å². The Morgan fingerprint density at radius 3 is 2.45 bits per heavy atom. The van der Waals surface area contributed by atoms with E-state index < -0.39 is 6.43 Å². The molecule has 5 rings (SSSR count). The molecule has 2 N–H and O–H groups in total. The predicted molar refractivity (Wildman–Crippen MR) is 119 cm³/mol. The summed E-state index contributed by atoms with van der Waals surface area (Å²) in [6, 6.07) is 1.22. The molecule has 178 valence electrons. The molecule has 0 aliphatic carbocycles. The first-order valence-corrected chi connectivity index (χ1v) is 11.2. The molecule has 3 saturated heterocycles. The van der Waals surface area contributed by atoms with Gasteiger partial charge in [-0.25, -0.2) is 13.8 Å². The second kappa shape index (κ2) is 7.98. The molecule has 5 heterocycles. The zero-order valence-corrected chi connectivity index (χ0v) is 19.1. The third-order valence-corrected chi connectivity index (χ3v) is 7.33. The van der Waals surface area contributed by atoms with Crippen LogP contribution in [0.5, 0.6) is 0 Å². The van der Waals surface area contributed by atoms with Crippen LogP contribution in [0, 0.1) is 10.8 Å². The van der Waals surface area contributed by atoms with Crippen LogP contribution in [0.3, 0.4) is 0 Å². The van der Waals surface area contributed by atoms with Crippen LogP contribution >= 0.6 is 0 Å². The third-order valence-electron chi connectivity index (χ3n) is 7.33. The SMILES string of the molecule is C[C@@H]1COCCN1c1nc(-c2cnc(N)cc2C(F)F)nc(N2C[C@]3(C)COC[C@]3(C)C2)n1. The predicted octanol–water partition coefficient (Wildman–Crippen LogP) is 2.54. The van der Waals surface area contributed by atoms with Crippen LogP contribution in [0.25, 0.3) is 11.4 Å². The van der Waals surface area contributed by atoms with Crippen LogP contribution in [0.15, 0.2) is 12.3 Å². The number of hydrogen-bond donors (Lipinski definition) is 1. The summed E-state index contributed by atoms with van der Waals surface area (Å²) in [4.78, 5) is 22.3. The van der Waals surface area contributed by atoms with Gasteiger partial charge in [0.2, 0.25) is 11.9 Å². The van der Waals surface area contributed by atoms with E-state index in [0.29, 0.717) is 58.0 Å². The Morgan fingerprint density at radius 1 is 1.09 bits per heavy atom. The van der Waals surface area contributed by atoms with E-state index in [4.69, 9.17) is 20.2 Å². The van der Waals surface area contributed by atoms with Crippen LogP contribution in [-0.2, 0) is 9.47 Å². The lowest BCUT2D eigenvalue weighted by atomic mass is 9.71. The van der Waals surface area contributed by atoms with E-state index in [2.05, 4.69) is 33.7 Å². The summed E-state index contributed by atoms with van der Waals surface area (Å²) in [5, 5.41) is 0. The van der Waals surface area contributed by atoms with Crippen molar-refractivity contribution in [3.63, 3.8) is 0 Å². The fourth-order valence-electron chi connectivity index (χ4n) is 4.99. The van der Waals surface area contributed by atoms with Gasteiger partial charge in [-0.15, -0.1) is 0 Å². The average molecular weight is 462 g/mol. The second-order valence-electron chi connectivity index (χ2n) is 9.84. The largest absolute Gasteiger partial charge is 0.384 e. The Bertz CT molecular complexity index is 1040. The summed E-state index contributed by atoms with van der Waals surface area (Å²) in [7, 11) is 0. The first kappa shape index (κ1) is 22.1. The van der Waals surface area contributed by atoms with Crippen LogP contribution in [0.4, 0.5) is 26.5 Å². The molecule has 9 nitrogen and oxygen atoms in total. The molecule has 2 aromatic heterocycles. The number of fused-ring (bicyclic) bond motifs is 1. The van der Waals surface area contributed by atoms with E-state index in [0.717, 1.165) is 0 Å². The number of nitrogen functional groups attached to an aromatic ring is 1. The molecule has 11 heteroatoms. The number of rotatable bonds is 4. The summed E-state index contributed by atoms with van der Waals surface area (Å²) >= 11 is 0. The number of halogens is 2. The fourth-order valence-corrected chi connectivity index (χ4v) is 4.99. The van der Waals surface area contributed by atoms with E-state index in [1.54, 1.807) is 0 Å². The van der Waals surface area contributed by atoms with Crippen molar-refractivity contribution < 1.29 is 18.3 Å². The molecule has 3 aliphatic heterocycles. The van der Waals surface area contributed by atoms with Crippen molar-refractivity contribution in [2.45, 2.75) is 33.2 Å². The first-order chi connectivity index (χ1) is 15.7. The van der Waals surface area contributed by atoms with Crippen molar-refractivity contribution in [2.75, 3.05) is 61.6 Å². The number of morpholine rings is 1. The van der Waals surface area contributed by atoms with E-state index in [-0.39, 0.29) is 39.6 Å². The van der Waals surface area contributed by atoms with Gasteiger partial charge in [0.25, 0.3) is 6.43 Å². The zero-order valence-electron chi connectivity index (χ0n) is 19.1. The highest BCUT2D eigenvalue weighted by Gasteiger charge is 2.56. The van der Waals surface area contributed by atoms with E-state index in [9.17, 15) is 8.78 Å². The first-order valence-electron chi connectivity index (χ1n) is 11.2. The number of aromatic nitrogens is 4. The molecular weight excluding hydrogens is 432 g/mol. The maximum Gasteiger partial charge on any atom is 0.264 e. The van der Waals surface area contributed by atoms with E-state index in [1.165, 1.54) is 12.3 Å². The van der Waals surface area contributed by atoms with E-state index >= 15 is 0 Å². The number of ether oxygens (including phenoxy) is 2. The Morgan fingerprint density at radius 2 is 1.79 bits per heavy atom. The van der Waals surface area contributed by atoms with Gasteiger partial charge in [0.05, 0.1) is 32.5 Å². The Balaban J connectivity index is 1.61. The van der Waals surface area contributed by atoms with Gasteiger partial charge in [0.1, 0.15) is 5.82 Å². The van der Waals surface area contributed by atoms with Gasteiger partial charge in [-0.05, 0) is 13.0 Å². The summed E-state index contributed by atoms with van der Waals surface area (Å²) in [5.41, 5.74) is 5.52. The van der Waals surface area contributed by atoms with Gasteiger partial charge >= 0.3 is 0 Å². The number of alkyl halides is 2. The molecule has 0 aromatic carbocycles. The minimum atomic E-state index is -2.74. The van der Waals surface area contributed by atoms with Crippen LogP contribution < -0.4 is 15.5 Å². The highest BCUT2D eigenvalue weighted by molar-refractivity contribution is 5.64. The molecule has 3 aliphatic rings. The molecule has 0 radical (unpaired) electrons. The normalized spacial score (nSPS) is 29.7. The molecule has 0 spiro atoms. The quantitative estimate of drug-likeness (QED) is 0.736. The second-order valence-corrected chi connectivity index (χ2v) is 9.84. The molecule has 0 saturated carbocycles. The third kappa shape index (κ3) is 3.76. The van der Waals surface area contributed by atoms with Gasteiger partial charge < -0.3 is 25.0 Å². The molecule has 0 bridgehead atoms. The zero-order chi connectivity index (χ0) is 23.4. The van der Waals surface area contributed by atoms with Gasteiger partial charge in [-0.3, -0.25) is 0 Å². The molecule has 2 aromatic rings. The highest BCUT2D eigenvalue weighted by atomic mass is 19.3. The smallest absolute Gasteiger partial charge is 0.264 e. The summed E-state index contributed by atoms with van der Waals surface area (Å²) in [6.45, 7) is 10.9. The number of hydrogen-bond acceptors (Lipinski definition) is 9. The summed E-state index contributed by atoms with van der Waals surface area (Å²) in [6.07, 6.45) is -1.42. The van der Waals surface area contributed by atoms with Crippen LogP contribution in [-0.4, -0.2) is 72.0 Å². The lowest BCUT2D eigenvalue weighted by molar-refractivity contribution is 0.0981. The van der Waals surface area contributed by atoms with Gasteiger partial charge in [-0.2, -0.15) is 15.0 Å². The van der Waals surface area contributed by atoms with Gasteiger partial charge in [-0.1, -0.05) is 13.8 Å². The minimum absolute atomic E-state index is 0.0265. The lowest BCUT2D eigenvalue weighted by Gasteiger charge is -2.34. The number of nitrogens with zero attached hydrogens (tertiary/aromatic N) is 6. The average Bonchev–Trinajstić information content (AvgIpc) is 3.20. The molecule has 3 atom stereocenters. The van der Waals surface area contributed by atoms with Gasteiger partial charge in [0.15, 0.2) is 5.82 Å². The monoisotopic (exact) mass is 461 g/mol. The topological polar surface area (TPSA) is 103 Å². The maximum absolute atomic E-state index is 13.9. The van der Waals surface area contributed by atoms with Crippen molar-refractivity contribution in [2.24, 2.45) is 10.8 Å². The minimum Gasteiger partial charge on any atom is -0.384 e. The van der Waals surface area contributed by atoms with Crippen molar-refractivity contribution >= 4 is 17.7 Å². The van der Waals surface area contributed by atoms with Crippen LogP contribution in [0.2, 0.25) is 0 Å². The Labute approximate surface area is 191 Å². The van der Waals surface area contributed by atoms with Gasteiger partial charge in [0, 0.05) is 47.8 Å². The van der Waals surface area contributed by atoms with Crippen molar-refractivity contribution in [1.29, 1.82) is 0 Å². The maximum atomic E-state index is 13.9. The molecule has 3 fully saturated rings.